The number of hydrogen-bond acceptors (Lipinski definition) is 3. The second-order valence-electron chi connectivity index (χ2n) is 2.67. The van der Waals surface area contributed by atoms with Gasteiger partial charge in [-0.25, -0.2) is 9.97 Å². The Labute approximate surface area is 80.6 Å². The second-order valence-corrected chi connectivity index (χ2v) is 3.08. The molecule has 13 heavy (non-hydrogen) atoms. The molecule has 66 valence electrons. The summed E-state index contributed by atoms with van der Waals surface area (Å²) in [5, 5.41) is 1.57. The van der Waals surface area contributed by atoms with Crippen molar-refractivity contribution in [2.75, 3.05) is 0 Å². The molecule has 0 aliphatic heterocycles. The summed E-state index contributed by atoms with van der Waals surface area (Å²) in [7, 11) is 0. The van der Waals surface area contributed by atoms with Crippen LogP contribution in [0.3, 0.4) is 0 Å². The maximum Gasteiger partial charge on any atom is 0.142 e. The van der Waals surface area contributed by atoms with Crippen LogP contribution in [0.2, 0.25) is 5.02 Å². The standard InChI is InChI=1S/C9H8ClN3/c10-7-3-1-2-6-5-12-8(4-11)13-9(6)7/h1-3,5H,4,11H2. The average molecular weight is 194 g/mol. The fourth-order valence-electron chi connectivity index (χ4n) is 1.15. The third-order valence-electron chi connectivity index (χ3n) is 1.79. The predicted molar refractivity (Wildman–Crippen MR) is 52.4 cm³/mol. The monoisotopic (exact) mass is 193 g/mol. The molecule has 4 heteroatoms. The third kappa shape index (κ3) is 1.48. The fourth-order valence-corrected chi connectivity index (χ4v) is 1.38. The van der Waals surface area contributed by atoms with Gasteiger partial charge in [-0.2, -0.15) is 0 Å². The lowest BCUT2D eigenvalue weighted by Gasteiger charge is -2.00. The molecule has 0 aliphatic rings. The van der Waals surface area contributed by atoms with E-state index in [1.165, 1.54) is 0 Å². The maximum atomic E-state index is 5.95. The topological polar surface area (TPSA) is 51.8 Å². The smallest absolute Gasteiger partial charge is 0.142 e. The summed E-state index contributed by atoms with van der Waals surface area (Å²) >= 11 is 5.95. The molecule has 0 atom stereocenters. The number of hydrogen-bond donors (Lipinski definition) is 1. The zero-order chi connectivity index (χ0) is 9.26. The van der Waals surface area contributed by atoms with Crippen LogP contribution in [0.5, 0.6) is 0 Å². The molecule has 0 amide bonds. The molecular weight excluding hydrogens is 186 g/mol. The number of halogens is 1. The largest absolute Gasteiger partial charge is 0.324 e. The number of fused-ring (bicyclic) bond motifs is 1. The van der Waals surface area contributed by atoms with Crippen LogP contribution in [0.4, 0.5) is 0 Å². The molecule has 3 nitrogen and oxygen atoms in total. The quantitative estimate of drug-likeness (QED) is 0.751. The van der Waals surface area contributed by atoms with Gasteiger partial charge < -0.3 is 5.73 Å². The lowest BCUT2D eigenvalue weighted by molar-refractivity contribution is 0.926. The first-order valence-corrected chi connectivity index (χ1v) is 4.29. The van der Waals surface area contributed by atoms with E-state index < -0.39 is 0 Å². The van der Waals surface area contributed by atoms with Crippen LogP contribution in [-0.2, 0) is 6.54 Å². The van der Waals surface area contributed by atoms with Gasteiger partial charge in [-0.05, 0) is 6.07 Å². The third-order valence-corrected chi connectivity index (χ3v) is 2.10. The van der Waals surface area contributed by atoms with E-state index in [4.69, 9.17) is 17.3 Å². The Morgan fingerprint density at radius 3 is 3.00 bits per heavy atom. The van der Waals surface area contributed by atoms with E-state index in [2.05, 4.69) is 9.97 Å². The zero-order valence-electron chi connectivity index (χ0n) is 6.87. The predicted octanol–water partition coefficient (Wildman–Crippen LogP) is 1.74. The van der Waals surface area contributed by atoms with Crippen molar-refractivity contribution in [1.82, 2.24) is 9.97 Å². The Kier molecular flexibility index (Phi) is 2.12. The molecule has 0 aliphatic carbocycles. The first-order chi connectivity index (χ1) is 6.31. The molecule has 1 aromatic heterocycles. The van der Waals surface area contributed by atoms with Crippen LogP contribution in [0.25, 0.3) is 10.9 Å². The molecule has 0 spiro atoms. The van der Waals surface area contributed by atoms with Gasteiger partial charge in [-0.1, -0.05) is 23.7 Å². The van der Waals surface area contributed by atoms with Crippen molar-refractivity contribution in [2.24, 2.45) is 5.73 Å². The number of aromatic nitrogens is 2. The molecule has 2 N–H and O–H groups in total. The van der Waals surface area contributed by atoms with E-state index in [1.807, 2.05) is 12.1 Å². The van der Waals surface area contributed by atoms with Gasteiger partial charge in [0.1, 0.15) is 5.82 Å². The normalized spacial score (nSPS) is 10.6. The summed E-state index contributed by atoms with van der Waals surface area (Å²) in [6.07, 6.45) is 1.73. The minimum absolute atomic E-state index is 0.334. The van der Waals surface area contributed by atoms with Crippen LogP contribution < -0.4 is 5.73 Å². The Morgan fingerprint density at radius 1 is 1.38 bits per heavy atom. The zero-order valence-corrected chi connectivity index (χ0v) is 7.62. The molecule has 0 fully saturated rings. The first kappa shape index (κ1) is 8.41. The van der Waals surface area contributed by atoms with Crippen molar-refractivity contribution in [3.05, 3.63) is 35.2 Å². The highest BCUT2D eigenvalue weighted by molar-refractivity contribution is 6.34. The Bertz CT molecular complexity index is 442. The summed E-state index contributed by atoms with van der Waals surface area (Å²) in [5.41, 5.74) is 6.19. The summed E-state index contributed by atoms with van der Waals surface area (Å²) in [6.45, 7) is 0.334. The van der Waals surface area contributed by atoms with Gasteiger partial charge in [-0.15, -0.1) is 0 Å². The van der Waals surface area contributed by atoms with Gasteiger partial charge in [0.05, 0.1) is 17.1 Å². The lowest BCUT2D eigenvalue weighted by Crippen LogP contribution is -2.02. The van der Waals surface area contributed by atoms with Crippen molar-refractivity contribution in [3.8, 4) is 0 Å². The molecule has 0 radical (unpaired) electrons. The average Bonchev–Trinajstić information content (AvgIpc) is 2.18. The number of benzene rings is 1. The molecule has 0 saturated heterocycles. The minimum atomic E-state index is 0.334. The van der Waals surface area contributed by atoms with Crippen molar-refractivity contribution < 1.29 is 0 Å². The Balaban J connectivity index is 2.74. The maximum absolute atomic E-state index is 5.95. The number of nitrogens with two attached hydrogens (primary N) is 1. The lowest BCUT2D eigenvalue weighted by atomic mass is 10.2. The van der Waals surface area contributed by atoms with E-state index in [0.29, 0.717) is 17.4 Å². The molecule has 0 unspecified atom stereocenters. The van der Waals surface area contributed by atoms with Crippen molar-refractivity contribution in [3.63, 3.8) is 0 Å². The Morgan fingerprint density at radius 2 is 2.23 bits per heavy atom. The van der Waals surface area contributed by atoms with Crippen LogP contribution in [-0.4, -0.2) is 9.97 Å². The van der Waals surface area contributed by atoms with Crippen molar-refractivity contribution in [2.45, 2.75) is 6.54 Å². The Hall–Kier alpha value is -1.19. The molecule has 2 aromatic rings. The molecule has 1 heterocycles. The molecule has 0 bridgehead atoms. The van der Waals surface area contributed by atoms with Crippen LogP contribution in [0.1, 0.15) is 5.82 Å². The number of para-hydroxylation sites is 1. The fraction of sp³-hybridized carbons (Fsp3) is 0.111. The summed E-state index contributed by atoms with van der Waals surface area (Å²) in [6, 6.07) is 5.59. The van der Waals surface area contributed by atoms with Crippen molar-refractivity contribution in [1.29, 1.82) is 0 Å². The van der Waals surface area contributed by atoms with E-state index in [0.717, 1.165) is 10.9 Å². The van der Waals surface area contributed by atoms with Crippen LogP contribution in [0, 0.1) is 0 Å². The van der Waals surface area contributed by atoms with Gasteiger partial charge in [0, 0.05) is 11.6 Å². The molecule has 1 aromatic carbocycles. The highest BCUT2D eigenvalue weighted by Gasteiger charge is 2.01. The van der Waals surface area contributed by atoms with E-state index in [9.17, 15) is 0 Å². The van der Waals surface area contributed by atoms with Gasteiger partial charge in [0.15, 0.2) is 0 Å². The molecule has 2 rings (SSSR count). The minimum Gasteiger partial charge on any atom is -0.324 e. The van der Waals surface area contributed by atoms with E-state index in [-0.39, 0.29) is 0 Å². The molecular formula is C9H8ClN3. The van der Waals surface area contributed by atoms with E-state index in [1.54, 1.807) is 12.3 Å². The summed E-state index contributed by atoms with van der Waals surface area (Å²) in [5.74, 6) is 0.612. The number of rotatable bonds is 1. The van der Waals surface area contributed by atoms with Gasteiger partial charge >= 0.3 is 0 Å². The van der Waals surface area contributed by atoms with Gasteiger partial charge in [0.25, 0.3) is 0 Å². The van der Waals surface area contributed by atoms with E-state index >= 15 is 0 Å². The summed E-state index contributed by atoms with van der Waals surface area (Å²) in [4.78, 5) is 8.30. The van der Waals surface area contributed by atoms with Gasteiger partial charge in [0.2, 0.25) is 0 Å². The van der Waals surface area contributed by atoms with Gasteiger partial charge in [-0.3, -0.25) is 0 Å². The highest BCUT2D eigenvalue weighted by atomic mass is 35.5. The summed E-state index contributed by atoms with van der Waals surface area (Å²) < 4.78 is 0. The van der Waals surface area contributed by atoms with Crippen LogP contribution >= 0.6 is 11.6 Å². The molecule has 0 saturated carbocycles. The first-order valence-electron chi connectivity index (χ1n) is 3.91. The SMILES string of the molecule is NCc1ncc2cccc(Cl)c2n1. The van der Waals surface area contributed by atoms with Crippen molar-refractivity contribution >= 4 is 22.5 Å². The highest BCUT2D eigenvalue weighted by Crippen LogP contribution is 2.20. The second kappa shape index (κ2) is 3.28. The number of nitrogens with zero attached hydrogens (tertiary/aromatic N) is 2. The van der Waals surface area contributed by atoms with Crippen LogP contribution in [0.15, 0.2) is 24.4 Å².